The molecule has 8 nitrogen and oxygen atoms in total. The fraction of sp³-hybridized carbons (Fsp3) is 0.0909. The summed E-state index contributed by atoms with van der Waals surface area (Å²) in [5.74, 6) is -14.8. The van der Waals surface area contributed by atoms with Gasteiger partial charge in [-0.05, 0) is 12.1 Å². The highest BCUT2D eigenvalue weighted by Gasteiger charge is 2.24. The van der Waals surface area contributed by atoms with E-state index in [1.54, 1.807) is 0 Å². The minimum absolute atomic E-state index is 0.286. The molecule has 0 saturated heterocycles. The maximum Gasteiger partial charge on any atom is 0.341 e. The Hall–Kier alpha value is -4.62. The smallest absolute Gasteiger partial charge is 0.341 e. The lowest BCUT2D eigenvalue weighted by atomic mass is 10.1. The fourth-order valence-electron chi connectivity index (χ4n) is 3.80. The van der Waals surface area contributed by atoms with Gasteiger partial charge in [0.25, 0.3) is 0 Å². The van der Waals surface area contributed by atoms with Gasteiger partial charge >= 0.3 is 11.9 Å². The normalized spacial score (nSPS) is 11.4. The fourth-order valence-corrected chi connectivity index (χ4v) is 3.80. The molecule has 186 valence electrons. The second kappa shape index (κ2) is 8.55. The van der Waals surface area contributed by atoms with Gasteiger partial charge in [-0.1, -0.05) is 0 Å². The highest BCUT2D eigenvalue weighted by Crippen LogP contribution is 2.24. The van der Waals surface area contributed by atoms with E-state index in [4.69, 9.17) is 0 Å². The van der Waals surface area contributed by atoms with Gasteiger partial charge in [0.1, 0.15) is 11.1 Å². The Bertz CT molecular complexity index is 1630. The number of fused-ring (bicyclic) bond motifs is 2. The zero-order chi connectivity index (χ0) is 26.6. The van der Waals surface area contributed by atoms with E-state index >= 15 is 0 Å². The largest absolute Gasteiger partial charge is 0.477 e. The summed E-state index contributed by atoms with van der Waals surface area (Å²) in [6.07, 6.45) is 1.18. The number of benzene rings is 2. The first kappa shape index (κ1) is 24.5. The van der Waals surface area contributed by atoms with Gasteiger partial charge in [0.2, 0.25) is 10.9 Å². The summed E-state index contributed by atoms with van der Waals surface area (Å²) in [6, 6.07) is 0.572. The second-order valence-corrected chi connectivity index (χ2v) is 7.51. The molecule has 0 atom stereocenters. The number of carboxylic acid groups (broad SMARTS) is 2. The average molecular weight is 512 g/mol. The molecular weight excluding hydrogens is 502 g/mol. The van der Waals surface area contributed by atoms with Gasteiger partial charge in [0.05, 0.1) is 21.8 Å². The van der Waals surface area contributed by atoms with Gasteiger partial charge in [0, 0.05) is 25.5 Å². The number of aromatic nitrogens is 2. The minimum Gasteiger partial charge on any atom is -0.477 e. The minimum atomic E-state index is -1.98. The van der Waals surface area contributed by atoms with Crippen LogP contribution in [0.2, 0.25) is 0 Å². The van der Waals surface area contributed by atoms with Crippen LogP contribution in [0.5, 0.6) is 0 Å². The van der Waals surface area contributed by atoms with Crippen molar-refractivity contribution in [1.82, 2.24) is 9.13 Å². The van der Waals surface area contributed by atoms with Crippen LogP contribution in [0.4, 0.5) is 26.3 Å². The van der Waals surface area contributed by atoms with Crippen molar-refractivity contribution in [2.45, 2.75) is 13.1 Å². The highest BCUT2D eigenvalue weighted by atomic mass is 19.2. The molecule has 14 heteroatoms. The molecule has 4 rings (SSSR count). The van der Waals surface area contributed by atoms with Crippen LogP contribution in [-0.4, -0.2) is 31.3 Å². The molecule has 0 spiro atoms. The summed E-state index contributed by atoms with van der Waals surface area (Å²) in [4.78, 5) is 47.7. The molecule has 0 saturated carbocycles. The van der Waals surface area contributed by atoms with Crippen LogP contribution < -0.4 is 10.9 Å². The molecule has 2 aromatic heterocycles. The first-order valence-corrected chi connectivity index (χ1v) is 9.73. The molecule has 0 amide bonds. The highest BCUT2D eigenvalue weighted by molar-refractivity contribution is 5.93. The number of hydrogen-bond acceptors (Lipinski definition) is 4. The Labute approximate surface area is 193 Å². The average Bonchev–Trinajstić information content (AvgIpc) is 2.81. The molecule has 0 fully saturated rings. The van der Waals surface area contributed by atoms with Crippen molar-refractivity contribution in [3.63, 3.8) is 0 Å². The lowest BCUT2D eigenvalue weighted by Crippen LogP contribution is -2.23. The van der Waals surface area contributed by atoms with Gasteiger partial charge < -0.3 is 19.3 Å². The van der Waals surface area contributed by atoms with E-state index in [1.165, 1.54) is 0 Å². The first-order chi connectivity index (χ1) is 16.8. The van der Waals surface area contributed by atoms with Crippen molar-refractivity contribution in [3.8, 4) is 0 Å². The number of rotatable bonds is 5. The van der Waals surface area contributed by atoms with E-state index in [9.17, 15) is 55.7 Å². The lowest BCUT2D eigenvalue weighted by molar-refractivity contribution is 0.0683. The number of aryl methyl sites for hydroxylation is 2. The Balaban J connectivity index is 1.99. The molecule has 0 aliphatic rings. The predicted molar refractivity (Wildman–Crippen MR) is 110 cm³/mol. The van der Waals surface area contributed by atoms with Gasteiger partial charge in [-0.3, -0.25) is 9.59 Å². The van der Waals surface area contributed by atoms with Crippen LogP contribution in [-0.2, 0) is 13.1 Å². The third kappa shape index (κ3) is 3.66. The molecule has 2 N–H and O–H groups in total. The summed E-state index contributed by atoms with van der Waals surface area (Å²) < 4.78 is 85.8. The summed E-state index contributed by atoms with van der Waals surface area (Å²) in [7, 11) is 0. The predicted octanol–water partition coefficient (Wildman–Crippen LogP) is 3.25. The van der Waals surface area contributed by atoms with E-state index in [-0.39, 0.29) is 12.1 Å². The van der Waals surface area contributed by atoms with Crippen molar-refractivity contribution in [1.29, 1.82) is 0 Å². The van der Waals surface area contributed by atoms with E-state index in [0.29, 0.717) is 21.5 Å². The molecular formula is C22H10F6N2O6. The molecule has 2 aromatic carbocycles. The second-order valence-electron chi connectivity index (χ2n) is 7.51. The van der Waals surface area contributed by atoms with E-state index in [2.05, 4.69) is 0 Å². The summed E-state index contributed by atoms with van der Waals surface area (Å²) in [6.45, 7) is -1.32. The summed E-state index contributed by atoms with van der Waals surface area (Å²) in [5.41, 5.74) is -6.35. The molecule has 0 aliphatic heterocycles. The van der Waals surface area contributed by atoms with E-state index < -0.39 is 104 Å². The number of halogens is 6. The standard InChI is InChI=1S/C22H10F6N2O6/c23-11-3-7-17(15(27)13(11)25)29(5-9(19(7)31)21(33)34)1-2-30-6-10(22(35)36)20(32)8-4-12(24)14(26)16(28)18(8)30/h3-6H,1-2H2,(H,33,34)(H,35,36). The van der Waals surface area contributed by atoms with Crippen molar-refractivity contribution in [2.24, 2.45) is 0 Å². The third-order valence-electron chi connectivity index (χ3n) is 5.44. The van der Waals surface area contributed by atoms with Crippen molar-refractivity contribution in [3.05, 3.63) is 91.0 Å². The van der Waals surface area contributed by atoms with Crippen LogP contribution in [0.25, 0.3) is 21.8 Å². The van der Waals surface area contributed by atoms with Crippen LogP contribution in [0.3, 0.4) is 0 Å². The van der Waals surface area contributed by atoms with E-state index in [1.807, 2.05) is 0 Å². The number of carboxylic acids is 2. The Morgan fingerprint density at radius 2 is 0.972 bits per heavy atom. The van der Waals surface area contributed by atoms with E-state index in [0.717, 1.165) is 0 Å². The van der Waals surface area contributed by atoms with Crippen molar-refractivity contribution >= 4 is 33.7 Å². The number of carbonyl (C=O) groups is 2. The van der Waals surface area contributed by atoms with Crippen LogP contribution in [0.1, 0.15) is 20.7 Å². The van der Waals surface area contributed by atoms with Gasteiger partial charge in [-0.15, -0.1) is 0 Å². The number of nitrogens with zero attached hydrogens (tertiary/aromatic N) is 2. The summed E-state index contributed by atoms with van der Waals surface area (Å²) in [5, 5.41) is 16.9. The monoisotopic (exact) mass is 512 g/mol. The van der Waals surface area contributed by atoms with Gasteiger partial charge in [-0.2, -0.15) is 0 Å². The maximum absolute atomic E-state index is 14.6. The summed E-state index contributed by atoms with van der Waals surface area (Å²) >= 11 is 0. The molecule has 0 bridgehead atoms. The van der Waals surface area contributed by atoms with Gasteiger partial charge in [-0.25, -0.2) is 35.9 Å². The zero-order valence-corrected chi connectivity index (χ0v) is 17.4. The maximum atomic E-state index is 14.6. The van der Waals surface area contributed by atoms with Crippen LogP contribution in [0, 0.1) is 34.9 Å². The quantitative estimate of drug-likeness (QED) is 0.313. The Morgan fingerprint density at radius 3 is 1.28 bits per heavy atom. The van der Waals surface area contributed by atoms with Crippen molar-refractivity contribution < 1.29 is 46.1 Å². The number of aromatic carboxylic acids is 2. The van der Waals surface area contributed by atoms with Crippen molar-refractivity contribution in [2.75, 3.05) is 0 Å². The molecule has 4 aromatic rings. The first-order valence-electron chi connectivity index (χ1n) is 9.73. The number of pyridine rings is 2. The molecule has 36 heavy (non-hydrogen) atoms. The zero-order valence-electron chi connectivity index (χ0n) is 17.4. The lowest BCUT2D eigenvalue weighted by Gasteiger charge is -2.17. The topological polar surface area (TPSA) is 119 Å². The van der Waals surface area contributed by atoms with Crippen LogP contribution >= 0.6 is 0 Å². The molecule has 0 radical (unpaired) electrons. The Morgan fingerprint density at radius 1 is 0.639 bits per heavy atom. The molecule has 0 unspecified atom stereocenters. The molecule has 0 aliphatic carbocycles. The third-order valence-corrected chi connectivity index (χ3v) is 5.44. The van der Waals surface area contributed by atoms with Crippen LogP contribution in [0.15, 0.2) is 34.1 Å². The SMILES string of the molecule is O=C(O)c1cn(CCn2cc(C(=O)O)c(=O)c3cc(F)c(F)c(F)c32)c2c(F)c(F)c(F)cc2c1=O. The Kier molecular flexibility index (Phi) is 5.82. The van der Waals surface area contributed by atoms with Gasteiger partial charge in [0.15, 0.2) is 34.9 Å². The number of hydrogen-bond donors (Lipinski definition) is 2. The molecule has 2 heterocycles.